The molecule has 1 N–H and O–H groups in total. The number of alkyl halides is 3. The summed E-state index contributed by atoms with van der Waals surface area (Å²) in [5, 5.41) is 0. The molecule has 0 radical (unpaired) electrons. The number of rotatable bonds is 1. The van der Waals surface area contributed by atoms with Gasteiger partial charge in [-0.1, -0.05) is 6.07 Å². The van der Waals surface area contributed by atoms with Crippen LogP contribution in [-0.2, 0) is 6.18 Å². The third-order valence-electron chi connectivity index (χ3n) is 2.89. The molecule has 2 aromatic rings. The topological polar surface area (TPSA) is 45.8 Å². The Labute approximate surface area is 107 Å². The fourth-order valence-electron chi connectivity index (χ4n) is 1.85. The van der Waals surface area contributed by atoms with Crippen molar-refractivity contribution in [3.05, 3.63) is 51.6 Å². The molecule has 0 spiro atoms. The molecule has 100 valence electrons. The van der Waals surface area contributed by atoms with Gasteiger partial charge in [-0.3, -0.25) is 4.79 Å². The molecular weight excluding hydrogens is 257 g/mol. The van der Waals surface area contributed by atoms with Gasteiger partial charge in [0.2, 0.25) is 0 Å². The summed E-state index contributed by atoms with van der Waals surface area (Å²) in [6.07, 6.45) is -3.14. The van der Waals surface area contributed by atoms with E-state index in [1.54, 1.807) is 13.8 Å². The molecule has 19 heavy (non-hydrogen) atoms. The summed E-state index contributed by atoms with van der Waals surface area (Å²) in [7, 11) is 0. The summed E-state index contributed by atoms with van der Waals surface area (Å²) in [6, 6.07) is 3.38. The predicted octanol–water partition coefficient (Wildman–Crippen LogP) is 3.07. The highest BCUT2D eigenvalue weighted by molar-refractivity contribution is 5.66. The first-order chi connectivity index (χ1) is 8.80. The van der Waals surface area contributed by atoms with Crippen LogP contribution in [0.4, 0.5) is 13.2 Å². The van der Waals surface area contributed by atoms with E-state index < -0.39 is 11.7 Å². The number of halogens is 3. The van der Waals surface area contributed by atoms with Crippen LogP contribution in [0, 0.1) is 13.8 Å². The second kappa shape index (κ2) is 4.53. The summed E-state index contributed by atoms with van der Waals surface area (Å²) in [6.45, 7) is 3.14. The van der Waals surface area contributed by atoms with Gasteiger partial charge < -0.3 is 4.98 Å². The van der Waals surface area contributed by atoms with Crippen molar-refractivity contribution in [2.24, 2.45) is 0 Å². The molecule has 0 atom stereocenters. The number of nitrogens with zero attached hydrogens (tertiary/aromatic N) is 1. The maximum absolute atomic E-state index is 12.6. The first-order valence-electron chi connectivity index (χ1n) is 5.53. The van der Waals surface area contributed by atoms with Gasteiger partial charge in [0.1, 0.15) is 0 Å². The largest absolute Gasteiger partial charge is 0.416 e. The summed E-state index contributed by atoms with van der Waals surface area (Å²) >= 11 is 0. The van der Waals surface area contributed by atoms with E-state index in [-0.39, 0.29) is 5.56 Å². The van der Waals surface area contributed by atoms with Gasteiger partial charge in [0, 0.05) is 11.1 Å². The van der Waals surface area contributed by atoms with Crippen molar-refractivity contribution < 1.29 is 13.2 Å². The molecule has 0 amide bonds. The van der Waals surface area contributed by atoms with E-state index in [4.69, 9.17) is 0 Å². The van der Waals surface area contributed by atoms with Gasteiger partial charge in [-0.05, 0) is 31.5 Å². The first-order valence-corrected chi connectivity index (χ1v) is 5.53. The fraction of sp³-hybridized carbons (Fsp3) is 0.231. The van der Waals surface area contributed by atoms with Crippen molar-refractivity contribution in [2.45, 2.75) is 20.0 Å². The lowest BCUT2D eigenvalue weighted by molar-refractivity contribution is -0.137. The first kappa shape index (κ1) is 13.3. The molecule has 6 heteroatoms. The maximum atomic E-state index is 12.6. The summed E-state index contributed by atoms with van der Waals surface area (Å²) < 4.78 is 37.7. The second-order valence-electron chi connectivity index (χ2n) is 4.23. The van der Waals surface area contributed by atoms with Gasteiger partial charge in [-0.25, -0.2) is 4.98 Å². The zero-order valence-electron chi connectivity index (χ0n) is 10.3. The van der Waals surface area contributed by atoms with Crippen molar-refractivity contribution >= 4 is 0 Å². The number of aromatic amines is 1. The minimum absolute atomic E-state index is 0.302. The molecule has 0 unspecified atom stereocenters. The number of aryl methyl sites for hydroxylation is 1. The molecule has 0 aliphatic rings. The Kier molecular flexibility index (Phi) is 3.18. The lowest BCUT2D eigenvalue weighted by Crippen LogP contribution is -2.12. The van der Waals surface area contributed by atoms with Gasteiger partial charge in [-0.15, -0.1) is 0 Å². The lowest BCUT2D eigenvalue weighted by atomic mass is 10.00. The van der Waals surface area contributed by atoms with Crippen LogP contribution < -0.4 is 5.56 Å². The number of H-pyrrole nitrogens is 1. The quantitative estimate of drug-likeness (QED) is 0.863. The molecule has 1 aromatic carbocycles. The second-order valence-corrected chi connectivity index (χ2v) is 4.23. The van der Waals surface area contributed by atoms with E-state index in [9.17, 15) is 18.0 Å². The zero-order valence-corrected chi connectivity index (χ0v) is 10.3. The molecule has 0 bridgehead atoms. The maximum Gasteiger partial charge on any atom is 0.416 e. The van der Waals surface area contributed by atoms with E-state index in [0.29, 0.717) is 22.4 Å². The monoisotopic (exact) mass is 268 g/mol. The Bertz CT molecular complexity index is 674. The Hall–Kier alpha value is -2.11. The van der Waals surface area contributed by atoms with Gasteiger partial charge in [0.05, 0.1) is 17.6 Å². The van der Waals surface area contributed by atoms with Gasteiger partial charge in [0.15, 0.2) is 0 Å². The van der Waals surface area contributed by atoms with Crippen molar-refractivity contribution in [3.63, 3.8) is 0 Å². The van der Waals surface area contributed by atoms with E-state index in [1.165, 1.54) is 12.4 Å². The molecule has 0 aliphatic carbocycles. The molecule has 1 heterocycles. The number of nitrogens with one attached hydrogen (secondary N) is 1. The highest BCUT2D eigenvalue weighted by Gasteiger charge is 2.30. The van der Waals surface area contributed by atoms with Crippen molar-refractivity contribution in [3.8, 4) is 11.3 Å². The van der Waals surface area contributed by atoms with Crippen LogP contribution in [0.2, 0.25) is 0 Å². The molecule has 1 aromatic heterocycles. The van der Waals surface area contributed by atoms with Crippen molar-refractivity contribution in [1.82, 2.24) is 9.97 Å². The van der Waals surface area contributed by atoms with Crippen LogP contribution >= 0.6 is 0 Å². The predicted molar refractivity (Wildman–Crippen MR) is 64.8 cm³/mol. The van der Waals surface area contributed by atoms with Gasteiger partial charge in [0.25, 0.3) is 5.56 Å². The lowest BCUT2D eigenvalue weighted by Gasteiger charge is -2.11. The molecule has 0 saturated heterocycles. The van der Waals surface area contributed by atoms with Crippen molar-refractivity contribution in [1.29, 1.82) is 0 Å². The minimum Gasteiger partial charge on any atom is -0.313 e. The summed E-state index contributed by atoms with van der Waals surface area (Å²) in [4.78, 5) is 17.9. The highest BCUT2D eigenvalue weighted by Crippen LogP contribution is 2.32. The number of aromatic nitrogens is 2. The zero-order chi connectivity index (χ0) is 14.2. The van der Waals surface area contributed by atoms with Crippen LogP contribution in [0.5, 0.6) is 0 Å². The third kappa shape index (κ3) is 2.52. The van der Waals surface area contributed by atoms with Crippen LogP contribution in [-0.4, -0.2) is 9.97 Å². The SMILES string of the molecule is Cc1cc(C(F)(F)F)ccc1-c1nc[nH]c(=O)c1C. The van der Waals surface area contributed by atoms with E-state index >= 15 is 0 Å². The van der Waals surface area contributed by atoms with Crippen LogP contribution in [0.1, 0.15) is 16.7 Å². The standard InChI is InChI=1S/C13H11F3N2O/c1-7-5-9(13(14,15)16)3-4-10(7)11-8(2)12(19)18-6-17-11/h3-6H,1-2H3,(H,17,18,19). The normalized spacial score (nSPS) is 11.6. The molecule has 2 rings (SSSR count). The smallest absolute Gasteiger partial charge is 0.313 e. The van der Waals surface area contributed by atoms with Crippen molar-refractivity contribution in [2.75, 3.05) is 0 Å². The Balaban J connectivity index is 2.59. The number of hydrogen-bond acceptors (Lipinski definition) is 2. The Morgan fingerprint density at radius 2 is 1.89 bits per heavy atom. The molecule has 0 aliphatic heterocycles. The average molecular weight is 268 g/mol. The Morgan fingerprint density at radius 3 is 2.47 bits per heavy atom. The third-order valence-corrected chi connectivity index (χ3v) is 2.89. The summed E-state index contributed by atoms with van der Waals surface area (Å²) in [5.74, 6) is 0. The molecule has 3 nitrogen and oxygen atoms in total. The van der Waals surface area contributed by atoms with Gasteiger partial charge >= 0.3 is 6.18 Å². The van der Waals surface area contributed by atoms with E-state index in [2.05, 4.69) is 9.97 Å². The van der Waals surface area contributed by atoms with Crippen LogP contribution in [0.3, 0.4) is 0 Å². The summed E-state index contributed by atoms with van der Waals surface area (Å²) in [5.41, 5.74) is 0.716. The van der Waals surface area contributed by atoms with E-state index in [0.717, 1.165) is 12.1 Å². The minimum atomic E-state index is -4.38. The number of benzene rings is 1. The Morgan fingerprint density at radius 1 is 1.21 bits per heavy atom. The van der Waals surface area contributed by atoms with Gasteiger partial charge in [-0.2, -0.15) is 13.2 Å². The average Bonchev–Trinajstić information content (AvgIpc) is 2.32. The highest BCUT2D eigenvalue weighted by atomic mass is 19.4. The molecular formula is C13H11F3N2O. The van der Waals surface area contributed by atoms with Crippen LogP contribution in [0.25, 0.3) is 11.3 Å². The number of hydrogen-bond donors (Lipinski definition) is 1. The van der Waals surface area contributed by atoms with Crippen LogP contribution in [0.15, 0.2) is 29.3 Å². The molecule has 0 saturated carbocycles. The molecule has 0 fully saturated rings. The fourth-order valence-corrected chi connectivity index (χ4v) is 1.85. The van der Waals surface area contributed by atoms with E-state index in [1.807, 2.05) is 0 Å².